The third kappa shape index (κ3) is 3.43. The summed E-state index contributed by atoms with van der Waals surface area (Å²) in [5.41, 5.74) is 0.208. The van der Waals surface area contributed by atoms with Crippen LogP contribution in [-0.4, -0.2) is 42.7 Å². The summed E-state index contributed by atoms with van der Waals surface area (Å²) in [6, 6.07) is 3.05. The standard InChI is InChI=1S/C12H16BrFN2O2/c1-7(16(2)3)6-15-9-5-4-8(12(17)18)10(13)11(9)14/h4-5,7,15H,6H2,1-3H3,(H,17,18). The number of benzene rings is 1. The zero-order valence-electron chi connectivity index (χ0n) is 10.5. The van der Waals surface area contributed by atoms with Crippen molar-refractivity contribution in [3.05, 3.63) is 28.0 Å². The number of carboxylic acid groups (broad SMARTS) is 1. The van der Waals surface area contributed by atoms with Gasteiger partial charge in [0.15, 0.2) is 5.82 Å². The van der Waals surface area contributed by atoms with Gasteiger partial charge in [0.1, 0.15) is 0 Å². The molecule has 1 aromatic carbocycles. The van der Waals surface area contributed by atoms with Gasteiger partial charge in [-0.2, -0.15) is 0 Å². The third-order valence-corrected chi connectivity index (χ3v) is 3.56. The molecule has 0 spiro atoms. The van der Waals surface area contributed by atoms with Crippen LogP contribution in [0.5, 0.6) is 0 Å². The fourth-order valence-corrected chi connectivity index (χ4v) is 1.81. The van der Waals surface area contributed by atoms with E-state index < -0.39 is 11.8 Å². The Bertz CT molecular complexity index is 452. The van der Waals surface area contributed by atoms with Crippen molar-refractivity contribution in [3.63, 3.8) is 0 Å². The van der Waals surface area contributed by atoms with Gasteiger partial charge in [0.2, 0.25) is 0 Å². The molecular weight excluding hydrogens is 303 g/mol. The van der Waals surface area contributed by atoms with Crippen molar-refractivity contribution in [2.75, 3.05) is 26.0 Å². The van der Waals surface area contributed by atoms with E-state index in [0.29, 0.717) is 12.2 Å². The van der Waals surface area contributed by atoms with Crippen molar-refractivity contribution in [1.82, 2.24) is 4.90 Å². The molecule has 0 bridgehead atoms. The van der Waals surface area contributed by atoms with Crippen LogP contribution in [0, 0.1) is 5.82 Å². The molecule has 0 aliphatic rings. The number of hydrogen-bond donors (Lipinski definition) is 2. The number of halogens is 2. The molecule has 0 saturated heterocycles. The molecule has 0 radical (unpaired) electrons. The average molecular weight is 319 g/mol. The van der Waals surface area contributed by atoms with E-state index in [1.807, 2.05) is 25.9 Å². The number of carbonyl (C=O) groups is 1. The normalized spacial score (nSPS) is 12.6. The largest absolute Gasteiger partial charge is 0.478 e. The van der Waals surface area contributed by atoms with Crippen LogP contribution in [0.2, 0.25) is 0 Å². The molecule has 1 atom stereocenters. The lowest BCUT2D eigenvalue weighted by atomic mass is 10.2. The minimum Gasteiger partial charge on any atom is -0.478 e. The second-order valence-corrected chi connectivity index (χ2v) is 5.08. The Morgan fingerprint density at radius 3 is 2.67 bits per heavy atom. The van der Waals surface area contributed by atoms with Gasteiger partial charge >= 0.3 is 5.97 Å². The minimum absolute atomic E-state index is 0.0301. The first-order chi connectivity index (χ1) is 8.34. The lowest BCUT2D eigenvalue weighted by Crippen LogP contribution is -2.31. The number of aromatic carboxylic acids is 1. The van der Waals surface area contributed by atoms with Crippen molar-refractivity contribution in [1.29, 1.82) is 0 Å². The fraction of sp³-hybridized carbons (Fsp3) is 0.417. The number of nitrogens with zero attached hydrogens (tertiary/aromatic N) is 1. The van der Waals surface area contributed by atoms with E-state index in [0.717, 1.165) is 0 Å². The van der Waals surface area contributed by atoms with Crippen molar-refractivity contribution in [2.24, 2.45) is 0 Å². The number of nitrogens with one attached hydrogen (secondary N) is 1. The Morgan fingerprint density at radius 1 is 1.56 bits per heavy atom. The molecule has 2 N–H and O–H groups in total. The van der Waals surface area contributed by atoms with Gasteiger partial charge in [0.05, 0.1) is 15.7 Å². The highest BCUT2D eigenvalue weighted by Gasteiger charge is 2.16. The summed E-state index contributed by atoms with van der Waals surface area (Å²) in [5, 5.41) is 11.8. The first kappa shape index (κ1) is 14.9. The molecule has 6 heteroatoms. The lowest BCUT2D eigenvalue weighted by molar-refractivity contribution is 0.0695. The van der Waals surface area contributed by atoms with Crippen molar-refractivity contribution in [3.8, 4) is 0 Å². The van der Waals surface area contributed by atoms with Crippen LogP contribution in [0.1, 0.15) is 17.3 Å². The van der Waals surface area contributed by atoms with Gasteiger partial charge in [-0.15, -0.1) is 0 Å². The zero-order valence-corrected chi connectivity index (χ0v) is 12.1. The molecule has 0 aliphatic carbocycles. The van der Waals surface area contributed by atoms with Gasteiger partial charge in [-0.25, -0.2) is 9.18 Å². The average Bonchev–Trinajstić information content (AvgIpc) is 2.30. The number of hydrogen-bond acceptors (Lipinski definition) is 3. The molecule has 1 rings (SSSR count). The molecule has 0 aromatic heterocycles. The summed E-state index contributed by atoms with van der Waals surface area (Å²) in [6.45, 7) is 2.58. The Balaban J connectivity index is 2.86. The van der Waals surface area contributed by atoms with E-state index in [1.165, 1.54) is 12.1 Å². The lowest BCUT2D eigenvalue weighted by Gasteiger charge is -2.21. The molecular formula is C12H16BrFN2O2. The summed E-state index contributed by atoms with van der Waals surface area (Å²) in [6.07, 6.45) is 0. The van der Waals surface area contributed by atoms with Gasteiger partial charge in [0.25, 0.3) is 0 Å². The second kappa shape index (κ2) is 6.15. The summed E-state index contributed by atoms with van der Waals surface area (Å²) in [5.74, 6) is -1.74. The molecule has 4 nitrogen and oxygen atoms in total. The van der Waals surface area contributed by atoms with Gasteiger partial charge in [0, 0.05) is 12.6 Å². The maximum atomic E-state index is 13.9. The quantitative estimate of drug-likeness (QED) is 0.876. The number of carboxylic acids is 1. The molecule has 100 valence electrons. The smallest absolute Gasteiger partial charge is 0.336 e. The Hall–Kier alpha value is -1.14. The van der Waals surface area contributed by atoms with Crippen LogP contribution in [-0.2, 0) is 0 Å². The summed E-state index contributed by atoms with van der Waals surface area (Å²) in [4.78, 5) is 12.8. The number of likely N-dealkylation sites (N-methyl/N-ethyl adjacent to an activating group) is 1. The summed E-state index contributed by atoms with van der Waals surface area (Å²) < 4.78 is 13.9. The van der Waals surface area contributed by atoms with Crippen molar-refractivity contribution >= 4 is 27.6 Å². The summed E-state index contributed by atoms with van der Waals surface area (Å²) >= 11 is 2.96. The molecule has 18 heavy (non-hydrogen) atoms. The molecule has 0 amide bonds. The molecule has 0 heterocycles. The van der Waals surface area contributed by atoms with Crippen molar-refractivity contribution < 1.29 is 14.3 Å². The van der Waals surface area contributed by atoms with E-state index in [2.05, 4.69) is 21.2 Å². The monoisotopic (exact) mass is 318 g/mol. The van der Waals surface area contributed by atoms with Gasteiger partial charge in [-0.3, -0.25) is 0 Å². The maximum Gasteiger partial charge on any atom is 0.336 e. The van der Waals surface area contributed by atoms with E-state index in [9.17, 15) is 9.18 Å². The molecule has 1 unspecified atom stereocenters. The first-order valence-electron chi connectivity index (χ1n) is 5.46. The van der Waals surface area contributed by atoms with Crippen LogP contribution < -0.4 is 5.32 Å². The highest BCUT2D eigenvalue weighted by atomic mass is 79.9. The number of anilines is 1. The van der Waals surface area contributed by atoms with E-state index in [-0.39, 0.29) is 16.1 Å². The molecule has 1 aromatic rings. The maximum absolute atomic E-state index is 13.9. The van der Waals surface area contributed by atoms with Gasteiger partial charge in [-0.05, 0) is 49.1 Å². The second-order valence-electron chi connectivity index (χ2n) is 4.29. The summed E-state index contributed by atoms with van der Waals surface area (Å²) in [7, 11) is 3.87. The van der Waals surface area contributed by atoms with E-state index in [4.69, 9.17) is 5.11 Å². The van der Waals surface area contributed by atoms with Crippen LogP contribution in [0.15, 0.2) is 16.6 Å². The van der Waals surface area contributed by atoms with Gasteiger partial charge in [-0.1, -0.05) is 0 Å². The predicted octanol–water partition coefficient (Wildman–Crippen LogP) is 2.65. The minimum atomic E-state index is -1.16. The van der Waals surface area contributed by atoms with E-state index >= 15 is 0 Å². The molecule has 0 fully saturated rings. The van der Waals surface area contributed by atoms with Crippen LogP contribution in [0.4, 0.5) is 10.1 Å². The molecule has 0 saturated carbocycles. The Labute approximate surface area is 114 Å². The van der Waals surface area contributed by atoms with Gasteiger partial charge < -0.3 is 15.3 Å². The fourth-order valence-electron chi connectivity index (χ4n) is 1.29. The highest BCUT2D eigenvalue weighted by Crippen LogP contribution is 2.27. The Kier molecular flexibility index (Phi) is 5.10. The Morgan fingerprint density at radius 2 is 2.17 bits per heavy atom. The third-order valence-electron chi connectivity index (χ3n) is 2.78. The van der Waals surface area contributed by atoms with E-state index in [1.54, 1.807) is 0 Å². The first-order valence-corrected chi connectivity index (χ1v) is 6.25. The SMILES string of the molecule is CC(CNc1ccc(C(=O)O)c(Br)c1F)N(C)C. The van der Waals surface area contributed by atoms with Crippen LogP contribution >= 0.6 is 15.9 Å². The number of rotatable bonds is 5. The van der Waals surface area contributed by atoms with Crippen LogP contribution in [0.3, 0.4) is 0 Å². The topological polar surface area (TPSA) is 52.6 Å². The van der Waals surface area contributed by atoms with Crippen LogP contribution in [0.25, 0.3) is 0 Å². The zero-order chi connectivity index (χ0) is 13.9. The highest BCUT2D eigenvalue weighted by molar-refractivity contribution is 9.10. The predicted molar refractivity (Wildman–Crippen MR) is 72.7 cm³/mol. The molecule has 0 aliphatic heterocycles. The van der Waals surface area contributed by atoms with Crippen molar-refractivity contribution in [2.45, 2.75) is 13.0 Å².